The fourth-order valence-corrected chi connectivity index (χ4v) is 0.350. The molecular weight excluding hydrogens is 203 g/mol. The zero-order valence-electron chi connectivity index (χ0n) is 6.11. The highest BCUT2D eigenvalue weighted by atomic mass is 19.4. The fourth-order valence-electron chi connectivity index (χ4n) is 0.350. The Morgan fingerprint density at radius 1 is 1.08 bits per heavy atom. The van der Waals surface area contributed by atoms with Gasteiger partial charge in [0.05, 0.1) is 7.11 Å². The molecule has 0 saturated carbocycles. The van der Waals surface area contributed by atoms with Crippen molar-refractivity contribution in [3.05, 3.63) is 0 Å². The van der Waals surface area contributed by atoms with E-state index in [9.17, 15) is 31.5 Å². The van der Waals surface area contributed by atoms with Crippen LogP contribution in [-0.2, 0) is 14.3 Å². The summed E-state index contributed by atoms with van der Waals surface area (Å²) < 4.78 is 61.6. The number of hydrogen-bond acceptors (Lipinski definition) is 3. The number of carbonyl (C=O) groups is 2. The molecule has 0 heterocycles. The van der Waals surface area contributed by atoms with Crippen molar-refractivity contribution >= 4 is 11.8 Å². The second kappa shape index (κ2) is 3.27. The summed E-state index contributed by atoms with van der Waals surface area (Å²) in [6, 6.07) is 0. The van der Waals surface area contributed by atoms with Crippen molar-refractivity contribution in [3.8, 4) is 0 Å². The summed E-state index contributed by atoms with van der Waals surface area (Å²) in [6.45, 7) is 0. The Labute approximate surface area is 68.5 Å². The van der Waals surface area contributed by atoms with Gasteiger partial charge in [0, 0.05) is 0 Å². The minimum absolute atomic E-state index is 0.521. The fraction of sp³-hybridized carbons (Fsp3) is 0.600. The van der Waals surface area contributed by atoms with E-state index in [-0.39, 0.29) is 0 Å². The van der Waals surface area contributed by atoms with Crippen molar-refractivity contribution in [2.45, 2.75) is 12.1 Å². The number of halogens is 5. The van der Waals surface area contributed by atoms with E-state index in [1.165, 1.54) is 0 Å². The average Bonchev–Trinajstić information content (AvgIpc) is 1.99. The number of carbonyl (C=O) groups excluding carboxylic acids is 2. The number of methoxy groups -OCH3 is 1. The van der Waals surface area contributed by atoms with Crippen LogP contribution in [0.25, 0.3) is 0 Å². The van der Waals surface area contributed by atoms with E-state index in [2.05, 4.69) is 4.74 Å². The number of alkyl halides is 5. The Morgan fingerprint density at radius 3 is 1.69 bits per heavy atom. The van der Waals surface area contributed by atoms with Gasteiger partial charge < -0.3 is 4.74 Å². The highest BCUT2D eigenvalue weighted by Crippen LogP contribution is 2.36. The molecule has 0 rings (SSSR count). The van der Waals surface area contributed by atoms with Crippen LogP contribution in [0, 0.1) is 0 Å². The summed E-state index contributed by atoms with van der Waals surface area (Å²) in [5, 5.41) is 0. The van der Waals surface area contributed by atoms with Gasteiger partial charge in [-0.05, 0) is 0 Å². The standard InChI is InChI=1S/C5H3F5O3/c1-13-3(12)2(11)4(6,7)5(8,9)10/h1H3. The summed E-state index contributed by atoms with van der Waals surface area (Å²) in [5.74, 6) is -10.9. The number of rotatable bonds is 2. The number of ether oxygens (including phenoxy) is 1. The van der Waals surface area contributed by atoms with Gasteiger partial charge in [-0.2, -0.15) is 22.0 Å². The van der Waals surface area contributed by atoms with Gasteiger partial charge in [0.15, 0.2) is 0 Å². The molecule has 0 amide bonds. The Bertz CT molecular complexity index is 231. The molecule has 3 nitrogen and oxygen atoms in total. The summed E-state index contributed by atoms with van der Waals surface area (Å²) in [5.41, 5.74) is 0. The van der Waals surface area contributed by atoms with Crippen LogP contribution in [0.5, 0.6) is 0 Å². The van der Waals surface area contributed by atoms with E-state index in [1.807, 2.05) is 0 Å². The third-order valence-corrected chi connectivity index (χ3v) is 1.01. The molecule has 0 atom stereocenters. The van der Waals surface area contributed by atoms with Gasteiger partial charge in [-0.25, -0.2) is 4.79 Å². The molecule has 0 aliphatic heterocycles. The maximum Gasteiger partial charge on any atom is 0.461 e. The SMILES string of the molecule is COC(=O)C(=O)C(F)(F)C(F)(F)F. The first kappa shape index (κ1) is 11.8. The van der Waals surface area contributed by atoms with Crippen molar-refractivity contribution in [1.82, 2.24) is 0 Å². The van der Waals surface area contributed by atoms with Crippen molar-refractivity contribution in [3.63, 3.8) is 0 Å². The minimum Gasteiger partial charge on any atom is -0.463 e. The first-order valence-electron chi connectivity index (χ1n) is 2.72. The molecule has 0 radical (unpaired) electrons. The Morgan fingerprint density at radius 2 is 1.46 bits per heavy atom. The van der Waals surface area contributed by atoms with Crippen LogP contribution in [0.4, 0.5) is 22.0 Å². The van der Waals surface area contributed by atoms with Crippen molar-refractivity contribution in [1.29, 1.82) is 0 Å². The summed E-state index contributed by atoms with van der Waals surface area (Å²) >= 11 is 0. The minimum atomic E-state index is -6.09. The molecule has 0 aromatic heterocycles. The number of ketones is 1. The maximum absolute atomic E-state index is 12.0. The van der Waals surface area contributed by atoms with Crippen LogP contribution in [0.3, 0.4) is 0 Å². The van der Waals surface area contributed by atoms with Gasteiger partial charge >= 0.3 is 23.9 Å². The second-order valence-electron chi connectivity index (χ2n) is 1.89. The average molecular weight is 206 g/mol. The molecule has 0 aliphatic rings. The Hall–Kier alpha value is -1.21. The maximum atomic E-state index is 12.0. The topological polar surface area (TPSA) is 43.4 Å². The molecule has 8 heteroatoms. The molecule has 0 N–H and O–H groups in total. The quantitative estimate of drug-likeness (QED) is 0.383. The van der Waals surface area contributed by atoms with Gasteiger partial charge in [-0.1, -0.05) is 0 Å². The molecule has 13 heavy (non-hydrogen) atoms. The predicted molar refractivity (Wildman–Crippen MR) is 28.0 cm³/mol. The Balaban J connectivity index is 4.86. The zero-order chi connectivity index (χ0) is 10.9. The summed E-state index contributed by atoms with van der Waals surface area (Å²) in [7, 11) is 0.521. The number of hydrogen-bond donors (Lipinski definition) is 0. The van der Waals surface area contributed by atoms with Crippen molar-refractivity contribution in [2.24, 2.45) is 0 Å². The first-order chi connectivity index (χ1) is 5.64. The van der Waals surface area contributed by atoms with Crippen LogP contribution < -0.4 is 0 Å². The lowest BCUT2D eigenvalue weighted by Gasteiger charge is -2.16. The van der Waals surface area contributed by atoms with E-state index in [0.29, 0.717) is 7.11 Å². The molecule has 0 aliphatic carbocycles. The zero-order valence-corrected chi connectivity index (χ0v) is 6.11. The summed E-state index contributed by atoms with van der Waals surface area (Å²) in [4.78, 5) is 20.2. The Kier molecular flexibility index (Phi) is 2.96. The molecule has 0 aromatic rings. The normalized spacial score (nSPS) is 12.5. The van der Waals surface area contributed by atoms with Crippen LogP contribution in [0.2, 0.25) is 0 Å². The molecule has 0 aromatic carbocycles. The number of esters is 1. The lowest BCUT2D eigenvalue weighted by atomic mass is 10.2. The van der Waals surface area contributed by atoms with E-state index in [4.69, 9.17) is 0 Å². The monoisotopic (exact) mass is 206 g/mol. The van der Waals surface area contributed by atoms with E-state index in [1.54, 1.807) is 0 Å². The van der Waals surface area contributed by atoms with Gasteiger partial charge in [0.1, 0.15) is 0 Å². The van der Waals surface area contributed by atoms with Crippen LogP contribution in [-0.4, -0.2) is 31.0 Å². The second-order valence-corrected chi connectivity index (χ2v) is 1.89. The molecule has 0 unspecified atom stereocenters. The third-order valence-electron chi connectivity index (χ3n) is 1.01. The summed E-state index contributed by atoms with van der Waals surface area (Å²) in [6.07, 6.45) is -6.09. The van der Waals surface area contributed by atoms with Gasteiger partial charge in [0.25, 0.3) is 0 Å². The van der Waals surface area contributed by atoms with Gasteiger partial charge in [0.2, 0.25) is 0 Å². The van der Waals surface area contributed by atoms with Gasteiger partial charge in [-0.3, -0.25) is 4.79 Å². The molecule has 0 spiro atoms. The lowest BCUT2D eigenvalue weighted by molar-refractivity contribution is -0.268. The number of Topliss-reactive ketones (excluding diaryl/α,β-unsaturated/α-hetero) is 1. The molecule has 76 valence electrons. The van der Waals surface area contributed by atoms with Crippen molar-refractivity contribution in [2.75, 3.05) is 7.11 Å². The molecule has 0 fully saturated rings. The van der Waals surface area contributed by atoms with E-state index < -0.39 is 23.9 Å². The van der Waals surface area contributed by atoms with Crippen molar-refractivity contribution < 1.29 is 36.3 Å². The highest BCUT2D eigenvalue weighted by Gasteiger charge is 2.65. The first-order valence-corrected chi connectivity index (χ1v) is 2.72. The third kappa shape index (κ3) is 2.13. The van der Waals surface area contributed by atoms with Crippen LogP contribution in [0.1, 0.15) is 0 Å². The molecular formula is C5H3F5O3. The van der Waals surface area contributed by atoms with Gasteiger partial charge in [-0.15, -0.1) is 0 Å². The largest absolute Gasteiger partial charge is 0.463 e. The smallest absolute Gasteiger partial charge is 0.461 e. The van der Waals surface area contributed by atoms with Crippen LogP contribution in [0.15, 0.2) is 0 Å². The highest BCUT2D eigenvalue weighted by molar-refractivity contribution is 6.36. The lowest BCUT2D eigenvalue weighted by Crippen LogP contribution is -2.47. The van der Waals surface area contributed by atoms with E-state index in [0.717, 1.165) is 0 Å². The van der Waals surface area contributed by atoms with Crippen LogP contribution >= 0.6 is 0 Å². The molecule has 0 bridgehead atoms. The van der Waals surface area contributed by atoms with E-state index >= 15 is 0 Å². The molecule has 0 saturated heterocycles. The predicted octanol–water partition coefficient (Wildman–Crippen LogP) is 0.926.